The van der Waals surface area contributed by atoms with Crippen molar-refractivity contribution in [2.45, 2.75) is 38.8 Å². The quantitative estimate of drug-likeness (QED) is 0.737. The standard InChI is InChI=1S/C14H20N2O3/c1-3-7-12(13(17)18)16-14(19)15-10(2)11-8-5-4-6-9-11/h4-6,8-10,12H,3,7H2,1-2H3,(H,17,18)(H2,15,16,19)/t10?,12-/m1/s1. The molecule has 2 amide bonds. The van der Waals surface area contributed by atoms with E-state index in [2.05, 4.69) is 10.6 Å². The van der Waals surface area contributed by atoms with E-state index < -0.39 is 18.0 Å². The number of carbonyl (C=O) groups is 2. The number of rotatable bonds is 6. The van der Waals surface area contributed by atoms with E-state index in [9.17, 15) is 9.59 Å². The minimum atomic E-state index is -1.01. The fourth-order valence-corrected chi connectivity index (χ4v) is 1.77. The van der Waals surface area contributed by atoms with Gasteiger partial charge in [0.2, 0.25) is 0 Å². The summed E-state index contributed by atoms with van der Waals surface area (Å²) in [6.07, 6.45) is 1.12. The summed E-state index contributed by atoms with van der Waals surface area (Å²) in [6, 6.07) is 8.03. The molecule has 2 atom stereocenters. The van der Waals surface area contributed by atoms with Crippen LogP contribution in [0.1, 0.15) is 38.3 Å². The Morgan fingerprint density at radius 1 is 1.21 bits per heavy atom. The molecule has 19 heavy (non-hydrogen) atoms. The third kappa shape index (κ3) is 4.99. The first-order valence-electron chi connectivity index (χ1n) is 6.39. The molecule has 3 N–H and O–H groups in total. The van der Waals surface area contributed by atoms with Crippen molar-refractivity contribution in [3.8, 4) is 0 Å². The van der Waals surface area contributed by atoms with Crippen LogP contribution in [0.25, 0.3) is 0 Å². The van der Waals surface area contributed by atoms with Crippen molar-refractivity contribution in [3.63, 3.8) is 0 Å². The largest absolute Gasteiger partial charge is 0.480 e. The molecule has 0 radical (unpaired) electrons. The highest BCUT2D eigenvalue weighted by molar-refractivity contribution is 5.82. The fourth-order valence-electron chi connectivity index (χ4n) is 1.77. The maximum Gasteiger partial charge on any atom is 0.326 e. The summed E-state index contributed by atoms with van der Waals surface area (Å²) in [7, 11) is 0. The number of hydrogen-bond donors (Lipinski definition) is 3. The van der Waals surface area contributed by atoms with E-state index >= 15 is 0 Å². The Kier molecular flexibility index (Phi) is 5.85. The monoisotopic (exact) mass is 264 g/mol. The molecule has 1 unspecified atom stereocenters. The summed E-state index contributed by atoms with van der Waals surface area (Å²) in [4.78, 5) is 22.7. The summed E-state index contributed by atoms with van der Waals surface area (Å²) in [5.74, 6) is -1.01. The Hall–Kier alpha value is -2.04. The number of hydrogen-bond acceptors (Lipinski definition) is 2. The smallest absolute Gasteiger partial charge is 0.326 e. The minimum absolute atomic E-state index is 0.169. The first-order chi connectivity index (χ1) is 9.04. The third-order valence-corrected chi connectivity index (χ3v) is 2.83. The van der Waals surface area contributed by atoms with Gasteiger partial charge < -0.3 is 15.7 Å². The summed E-state index contributed by atoms with van der Waals surface area (Å²) < 4.78 is 0. The molecule has 5 heteroatoms. The van der Waals surface area contributed by atoms with Gasteiger partial charge in [0.15, 0.2) is 0 Å². The minimum Gasteiger partial charge on any atom is -0.480 e. The molecule has 1 rings (SSSR count). The molecular weight excluding hydrogens is 244 g/mol. The van der Waals surface area contributed by atoms with Crippen molar-refractivity contribution in [2.75, 3.05) is 0 Å². The van der Waals surface area contributed by atoms with E-state index in [0.29, 0.717) is 12.8 Å². The van der Waals surface area contributed by atoms with Crippen LogP contribution in [0.15, 0.2) is 30.3 Å². The second kappa shape index (κ2) is 7.41. The Bertz CT molecular complexity index is 420. The Morgan fingerprint density at radius 3 is 2.37 bits per heavy atom. The van der Waals surface area contributed by atoms with Crippen LogP contribution in [0.3, 0.4) is 0 Å². The zero-order valence-electron chi connectivity index (χ0n) is 11.2. The lowest BCUT2D eigenvalue weighted by Gasteiger charge is -2.18. The van der Waals surface area contributed by atoms with Crippen LogP contribution in [-0.4, -0.2) is 23.1 Å². The first-order valence-corrected chi connectivity index (χ1v) is 6.39. The lowest BCUT2D eigenvalue weighted by Crippen LogP contribution is -2.46. The van der Waals surface area contributed by atoms with Gasteiger partial charge >= 0.3 is 12.0 Å². The summed E-state index contributed by atoms with van der Waals surface area (Å²) in [5.41, 5.74) is 0.972. The van der Waals surface area contributed by atoms with Gasteiger partial charge in [-0.2, -0.15) is 0 Å². The van der Waals surface area contributed by atoms with E-state index in [4.69, 9.17) is 5.11 Å². The lowest BCUT2D eigenvalue weighted by atomic mass is 10.1. The van der Waals surface area contributed by atoms with E-state index in [0.717, 1.165) is 5.56 Å². The van der Waals surface area contributed by atoms with Crippen molar-refractivity contribution in [1.82, 2.24) is 10.6 Å². The number of aliphatic carboxylic acids is 1. The fraction of sp³-hybridized carbons (Fsp3) is 0.429. The van der Waals surface area contributed by atoms with Gasteiger partial charge in [-0.1, -0.05) is 43.7 Å². The van der Waals surface area contributed by atoms with Crippen molar-refractivity contribution in [1.29, 1.82) is 0 Å². The number of carboxylic acids is 1. The molecule has 0 aliphatic carbocycles. The van der Waals surface area contributed by atoms with Crippen molar-refractivity contribution in [3.05, 3.63) is 35.9 Å². The Labute approximate surface area is 113 Å². The molecular formula is C14H20N2O3. The van der Waals surface area contributed by atoms with Gasteiger partial charge in [-0.3, -0.25) is 0 Å². The molecule has 0 aromatic heterocycles. The molecule has 0 fully saturated rings. The van der Waals surface area contributed by atoms with Gasteiger partial charge in [0.25, 0.3) is 0 Å². The second-order valence-electron chi connectivity index (χ2n) is 4.43. The predicted molar refractivity (Wildman–Crippen MR) is 72.9 cm³/mol. The zero-order chi connectivity index (χ0) is 14.3. The van der Waals surface area contributed by atoms with E-state index in [-0.39, 0.29) is 6.04 Å². The highest BCUT2D eigenvalue weighted by Gasteiger charge is 2.19. The Morgan fingerprint density at radius 2 is 1.84 bits per heavy atom. The van der Waals surface area contributed by atoms with Gasteiger partial charge in [0.1, 0.15) is 6.04 Å². The molecule has 0 saturated carbocycles. The zero-order valence-corrected chi connectivity index (χ0v) is 11.2. The molecule has 0 saturated heterocycles. The van der Waals surface area contributed by atoms with Crippen molar-refractivity contribution < 1.29 is 14.7 Å². The van der Waals surface area contributed by atoms with E-state index in [1.165, 1.54) is 0 Å². The normalized spacial score (nSPS) is 13.4. The van der Waals surface area contributed by atoms with Gasteiger partial charge in [-0.25, -0.2) is 9.59 Å². The maximum absolute atomic E-state index is 11.7. The molecule has 0 heterocycles. The number of carbonyl (C=O) groups excluding carboxylic acids is 1. The molecule has 1 aromatic rings. The molecule has 0 bridgehead atoms. The molecule has 104 valence electrons. The van der Waals surface area contributed by atoms with Gasteiger partial charge in [0, 0.05) is 0 Å². The number of benzene rings is 1. The average Bonchev–Trinajstić information content (AvgIpc) is 2.39. The molecule has 1 aromatic carbocycles. The molecule has 5 nitrogen and oxygen atoms in total. The summed E-state index contributed by atoms with van der Waals surface area (Å²) >= 11 is 0. The second-order valence-corrected chi connectivity index (χ2v) is 4.43. The summed E-state index contributed by atoms with van der Waals surface area (Å²) in [5, 5.41) is 14.2. The molecule has 0 aliphatic heterocycles. The predicted octanol–water partition coefficient (Wildman–Crippen LogP) is 2.30. The highest BCUT2D eigenvalue weighted by Crippen LogP contribution is 2.10. The SMILES string of the molecule is CCC[C@@H](NC(=O)NC(C)c1ccccc1)C(=O)O. The highest BCUT2D eigenvalue weighted by atomic mass is 16.4. The van der Waals surface area contributed by atoms with Gasteiger partial charge in [-0.05, 0) is 18.9 Å². The van der Waals surface area contributed by atoms with Crippen LogP contribution in [0.5, 0.6) is 0 Å². The summed E-state index contributed by atoms with van der Waals surface area (Å²) in [6.45, 7) is 3.73. The molecule has 0 spiro atoms. The van der Waals surface area contributed by atoms with Crippen LogP contribution >= 0.6 is 0 Å². The maximum atomic E-state index is 11.7. The number of amides is 2. The van der Waals surface area contributed by atoms with Crippen molar-refractivity contribution in [2.24, 2.45) is 0 Å². The van der Waals surface area contributed by atoms with Crippen LogP contribution in [0.2, 0.25) is 0 Å². The van der Waals surface area contributed by atoms with Crippen LogP contribution < -0.4 is 10.6 Å². The number of urea groups is 1. The number of nitrogens with one attached hydrogen (secondary N) is 2. The third-order valence-electron chi connectivity index (χ3n) is 2.83. The van der Waals surface area contributed by atoms with Crippen LogP contribution in [-0.2, 0) is 4.79 Å². The van der Waals surface area contributed by atoms with Gasteiger partial charge in [0.05, 0.1) is 6.04 Å². The average molecular weight is 264 g/mol. The first kappa shape index (κ1) is 15.0. The number of carboxylic acid groups (broad SMARTS) is 1. The van der Waals surface area contributed by atoms with Crippen molar-refractivity contribution >= 4 is 12.0 Å². The van der Waals surface area contributed by atoms with Gasteiger partial charge in [-0.15, -0.1) is 0 Å². The van der Waals surface area contributed by atoms with E-state index in [1.807, 2.05) is 44.2 Å². The lowest BCUT2D eigenvalue weighted by molar-refractivity contribution is -0.139. The molecule has 0 aliphatic rings. The van der Waals surface area contributed by atoms with Crippen LogP contribution in [0.4, 0.5) is 4.79 Å². The van der Waals surface area contributed by atoms with E-state index in [1.54, 1.807) is 0 Å². The van der Waals surface area contributed by atoms with Crippen LogP contribution in [0, 0.1) is 0 Å². The Balaban J connectivity index is 2.52. The topological polar surface area (TPSA) is 78.4 Å².